The highest BCUT2D eigenvalue weighted by Crippen LogP contribution is 2.29. The Morgan fingerprint density at radius 1 is 1.15 bits per heavy atom. The Morgan fingerprint density at radius 2 is 1.92 bits per heavy atom. The van der Waals surface area contributed by atoms with Crippen LogP contribution in [0.25, 0.3) is 22.4 Å². The number of anilines is 1. The quantitative estimate of drug-likeness (QED) is 0.588. The van der Waals surface area contributed by atoms with Gasteiger partial charge in [-0.3, -0.25) is 14.8 Å². The largest absolute Gasteiger partial charge is 0.363 e. The molecule has 0 radical (unpaired) electrons. The van der Waals surface area contributed by atoms with Gasteiger partial charge in [0, 0.05) is 36.3 Å². The van der Waals surface area contributed by atoms with E-state index in [0.29, 0.717) is 5.82 Å². The number of nitrogens with one attached hydrogen (secondary N) is 2. The molecule has 1 atom stereocenters. The molecule has 0 unspecified atom stereocenters. The molecular formula is C18H20N8. The minimum Gasteiger partial charge on any atom is -0.363 e. The van der Waals surface area contributed by atoms with Crippen molar-refractivity contribution in [1.29, 1.82) is 0 Å². The monoisotopic (exact) mass is 348 g/mol. The molecular weight excluding hydrogens is 328 g/mol. The molecule has 4 aromatic rings. The van der Waals surface area contributed by atoms with Crippen LogP contribution < -0.4 is 5.32 Å². The van der Waals surface area contributed by atoms with Gasteiger partial charge in [-0.05, 0) is 32.9 Å². The van der Waals surface area contributed by atoms with Crippen LogP contribution in [0.3, 0.4) is 0 Å². The van der Waals surface area contributed by atoms with E-state index < -0.39 is 0 Å². The summed E-state index contributed by atoms with van der Waals surface area (Å²) in [6.45, 7) is 6.12. The highest BCUT2D eigenvalue weighted by molar-refractivity contribution is 5.88. The molecule has 0 fully saturated rings. The average molecular weight is 348 g/mol. The van der Waals surface area contributed by atoms with Crippen molar-refractivity contribution in [1.82, 2.24) is 34.9 Å². The lowest BCUT2D eigenvalue weighted by Gasteiger charge is -2.16. The van der Waals surface area contributed by atoms with E-state index in [1.54, 1.807) is 23.3 Å². The van der Waals surface area contributed by atoms with Crippen LogP contribution in [0.15, 0.2) is 30.7 Å². The summed E-state index contributed by atoms with van der Waals surface area (Å²) in [5.41, 5.74) is 4.87. The van der Waals surface area contributed by atoms with Gasteiger partial charge in [0.2, 0.25) is 0 Å². The van der Waals surface area contributed by atoms with E-state index >= 15 is 0 Å². The highest BCUT2D eigenvalue weighted by Gasteiger charge is 2.18. The Morgan fingerprint density at radius 3 is 2.62 bits per heavy atom. The summed E-state index contributed by atoms with van der Waals surface area (Å²) in [5, 5.41) is 16.1. The second-order valence-electron chi connectivity index (χ2n) is 6.35. The van der Waals surface area contributed by atoms with Crippen molar-refractivity contribution in [3.8, 4) is 11.4 Å². The molecule has 8 nitrogen and oxygen atoms in total. The third-order valence-corrected chi connectivity index (χ3v) is 4.50. The molecule has 0 bridgehead atoms. The van der Waals surface area contributed by atoms with E-state index in [9.17, 15) is 0 Å². The maximum Gasteiger partial charge on any atom is 0.164 e. The van der Waals surface area contributed by atoms with E-state index in [4.69, 9.17) is 4.98 Å². The van der Waals surface area contributed by atoms with E-state index in [0.717, 1.165) is 39.4 Å². The van der Waals surface area contributed by atoms with Crippen LogP contribution in [-0.4, -0.2) is 34.9 Å². The van der Waals surface area contributed by atoms with Crippen molar-refractivity contribution in [3.63, 3.8) is 0 Å². The number of fused-ring (bicyclic) bond motifs is 1. The van der Waals surface area contributed by atoms with E-state index in [2.05, 4.69) is 37.5 Å². The van der Waals surface area contributed by atoms with Crippen LogP contribution in [0.1, 0.15) is 29.9 Å². The Labute approximate surface area is 150 Å². The number of aryl methyl sites for hydroxylation is 3. The van der Waals surface area contributed by atoms with Gasteiger partial charge in [0.25, 0.3) is 0 Å². The normalized spacial score (nSPS) is 12.5. The smallest absolute Gasteiger partial charge is 0.164 e. The lowest BCUT2D eigenvalue weighted by Crippen LogP contribution is -2.11. The van der Waals surface area contributed by atoms with Gasteiger partial charge < -0.3 is 5.32 Å². The summed E-state index contributed by atoms with van der Waals surface area (Å²) >= 11 is 0. The number of nitrogens with zero attached hydrogens (tertiary/aromatic N) is 6. The molecule has 4 heterocycles. The van der Waals surface area contributed by atoms with Gasteiger partial charge in [-0.2, -0.15) is 10.2 Å². The lowest BCUT2D eigenvalue weighted by molar-refractivity contribution is 0.785. The Bertz CT molecular complexity index is 1040. The maximum atomic E-state index is 4.76. The van der Waals surface area contributed by atoms with Crippen molar-refractivity contribution in [2.24, 2.45) is 7.05 Å². The number of aromatic nitrogens is 7. The van der Waals surface area contributed by atoms with E-state index in [1.807, 2.05) is 33.0 Å². The third kappa shape index (κ3) is 2.69. The Hall–Kier alpha value is -3.29. The molecule has 4 aromatic heterocycles. The predicted octanol–water partition coefficient (Wildman–Crippen LogP) is 2.94. The maximum absolute atomic E-state index is 4.76. The molecule has 0 saturated heterocycles. The van der Waals surface area contributed by atoms with Crippen LogP contribution in [0.5, 0.6) is 0 Å². The van der Waals surface area contributed by atoms with Crippen LogP contribution in [0, 0.1) is 13.8 Å². The summed E-state index contributed by atoms with van der Waals surface area (Å²) in [6, 6.07) is 3.84. The van der Waals surface area contributed by atoms with Crippen LogP contribution in [0.4, 0.5) is 5.82 Å². The van der Waals surface area contributed by atoms with Crippen LogP contribution in [0.2, 0.25) is 0 Å². The number of aromatic amines is 1. The van der Waals surface area contributed by atoms with Crippen LogP contribution >= 0.6 is 0 Å². The first kappa shape index (κ1) is 16.2. The second kappa shape index (κ2) is 6.21. The Balaban J connectivity index is 1.81. The molecule has 2 N–H and O–H groups in total. The molecule has 26 heavy (non-hydrogen) atoms. The number of hydrogen-bond donors (Lipinski definition) is 2. The molecule has 0 aliphatic rings. The molecule has 132 valence electrons. The molecule has 0 aliphatic carbocycles. The van der Waals surface area contributed by atoms with E-state index in [1.165, 1.54) is 0 Å². The van der Waals surface area contributed by atoms with Gasteiger partial charge in [0.1, 0.15) is 5.82 Å². The molecule has 0 saturated carbocycles. The minimum absolute atomic E-state index is 0.0392. The fourth-order valence-corrected chi connectivity index (χ4v) is 3.24. The van der Waals surface area contributed by atoms with Crippen molar-refractivity contribution in [3.05, 3.63) is 47.7 Å². The predicted molar refractivity (Wildman–Crippen MR) is 99.6 cm³/mol. The zero-order valence-corrected chi connectivity index (χ0v) is 15.1. The molecule has 0 aliphatic heterocycles. The topological polar surface area (TPSA) is 97.2 Å². The molecule has 0 amide bonds. The van der Waals surface area contributed by atoms with Crippen molar-refractivity contribution < 1.29 is 0 Å². The van der Waals surface area contributed by atoms with Crippen molar-refractivity contribution >= 4 is 16.9 Å². The standard InChI is InChI=1S/C18H20N8/c1-10(15-11(2)24-25-12(15)3)21-17-14-9-20-26(4)18(14)23-16(22-17)13-5-7-19-8-6-13/h5-10H,1-4H3,(H,24,25)(H,21,22,23)/t10-/m0/s1. The first-order valence-corrected chi connectivity index (χ1v) is 8.42. The molecule has 0 aromatic carbocycles. The fraction of sp³-hybridized carbons (Fsp3) is 0.278. The lowest BCUT2D eigenvalue weighted by atomic mass is 10.1. The van der Waals surface area contributed by atoms with Gasteiger partial charge in [-0.25, -0.2) is 9.97 Å². The SMILES string of the molecule is Cc1n[nH]c(C)c1[C@H](C)Nc1nc(-c2ccncc2)nc2c1cnn2C. The highest BCUT2D eigenvalue weighted by atomic mass is 15.3. The summed E-state index contributed by atoms with van der Waals surface area (Å²) in [7, 11) is 1.88. The van der Waals surface area contributed by atoms with Gasteiger partial charge >= 0.3 is 0 Å². The zero-order chi connectivity index (χ0) is 18.3. The second-order valence-corrected chi connectivity index (χ2v) is 6.35. The molecule has 4 rings (SSSR count). The van der Waals surface area contributed by atoms with Crippen molar-refractivity contribution in [2.75, 3.05) is 5.32 Å². The molecule has 8 heteroatoms. The summed E-state index contributed by atoms with van der Waals surface area (Å²) in [4.78, 5) is 13.5. The fourth-order valence-electron chi connectivity index (χ4n) is 3.24. The average Bonchev–Trinajstić information content (AvgIpc) is 3.18. The summed E-state index contributed by atoms with van der Waals surface area (Å²) in [6.07, 6.45) is 5.26. The van der Waals surface area contributed by atoms with Crippen LogP contribution in [-0.2, 0) is 7.05 Å². The van der Waals surface area contributed by atoms with Gasteiger partial charge in [-0.15, -0.1) is 0 Å². The Kier molecular flexibility index (Phi) is 3.87. The number of hydrogen-bond acceptors (Lipinski definition) is 6. The number of rotatable bonds is 4. The first-order valence-electron chi connectivity index (χ1n) is 8.42. The van der Waals surface area contributed by atoms with Gasteiger partial charge in [0.15, 0.2) is 11.5 Å². The third-order valence-electron chi connectivity index (χ3n) is 4.50. The summed E-state index contributed by atoms with van der Waals surface area (Å²) < 4.78 is 1.76. The van der Waals surface area contributed by atoms with E-state index in [-0.39, 0.29) is 6.04 Å². The summed E-state index contributed by atoms with van der Waals surface area (Å²) in [5.74, 6) is 1.39. The minimum atomic E-state index is 0.0392. The number of H-pyrrole nitrogens is 1. The van der Waals surface area contributed by atoms with Gasteiger partial charge in [-0.1, -0.05) is 0 Å². The first-order chi connectivity index (χ1) is 12.5. The zero-order valence-electron chi connectivity index (χ0n) is 15.1. The van der Waals surface area contributed by atoms with Crippen molar-refractivity contribution in [2.45, 2.75) is 26.8 Å². The molecule has 0 spiro atoms. The van der Waals surface area contributed by atoms with Gasteiger partial charge in [0.05, 0.1) is 23.3 Å². The number of pyridine rings is 1.